The zero-order valence-electron chi connectivity index (χ0n) is 28.6. The van der Waals surface area contributed by atoms with Gasteiger partial charge in [-0.2, -0.15) is 0 Å². The van der Waals surface area contributed by atoms with Crippen molar-refractivity contribution in [2.24, 2.45) is 0 Å². The summed E-state index contributed by atoms with van der Waals surface area (Å²) in [4.78, 5) is 4.86. The summed E-state index contributed by atoms with van der Waals surface area (Å²) < 4.78 is 30.0. The molecule has 0 aromatic heterocycles. The molecule has 0 bridgehead atoms. The second kappa shape index (κ2) is 17.7. The van der Waals surface area contributed by atoms with Crippen LogP contribution >= 0.6 is 0 Å². The Hall–Kier alpha value is -3.66. The van der Waals surface area contributed by atoms with E-state index in [1.54, 1.807) is 7.11 Å². The number of piperidine rings is 1. The number of hydrogen-bond donors (Lipinski definition) is 1. The highest BCUT2D eigenvalue weighted by molar-refractivity contribution is 5.84. The van der Waals surface area contributed by atoms with Crippen LogP contribution < -0.4 is 19.5 Å². The molecule has 256 valence electrons. The number of piperazine rings is 1. The Morgan fingerprint density at radius 3 is 2.42 bits per heavy atom. The normalized spacial score (nSPS) is 19.0. The maximum absolute atomic E-state index is 6.58. The summed E-state index contributed by atoms with van der Waals surface area (Å²) in [5.74, 6) is 3.00. The molecule has 4 aromatic carbocycles. The van der Waals surface area contributed by atoms with Crippen molar-refractivity contribution in [2.75, 3.05) is 79.8 Å². The molecule has 4 aromatic rings. The molecule has 2 aliphatic rings. The lowest BCUT2D eigenvalue weighted by atomic mass is 9.87. The van der Waals surface area contributed by atoms with Crippen LogP contribution in [0.5, 0.6) is 17.2 Å². The molecule has 0 saturated carbocycles. The molecule has 48 heavy (non-hydrogen) atoms. The van der Waals surface area contributed by atoms with E-state index in [1.807, 2.05) is 24.3 Å². The zero-order chi connectivity index (χ0) is 33.0. The minimum absolute atomic E-state index is 0.103. The van der Waals surface area contributed by atoms with Crippen LogP contribution in [0.1, 0.15) is 35.4 Å². The highest BCUT2D eigenvalue weighted by Crippen LogP contribution is 2.30. The van der Waals surface area contributed by atoms with Gasteiger partial charge in [0.15, 0.2) is 0 Å². The van der Waals surface area contributed by atoms with E-state index >= 15 is 0 Å². The second-order valence-electron chi connectivity index (χ2n) is 12.9. The highest BCUT2D eigenvalue weighted by Gasteiger charge is 2.27. The van der Waals surface area contributed by atoms with E-state index in [0.717, 1.165) is 81.5 Å². The van der Waals surface area contributed by atoms with Crippen molar-refractivity contribution < 1.29 is 23.7 Å². The molecule has 2 atom stereocenters. The quantitative estimate of drug-likeness (QED) is 0.145. The molecule has 0 spiro atoms. The van der Waals surface area contributed by atoms with Crippen LogP contribution in [0.15, 0.2) is 84.9 Å². The molecule has 2 fully saturated rings. The van der Waals surface area contributed by atoms with E-state index in [4.69, 9.17) is 23.7 Å². The van der Waals surface area contributed by atoms with Gasteiger partial charge in [0.25, 0.3) is 0 Å². The van der Waals surface area contributed by atoms with Crippen LogP contribution in [-0.4, -0.2) is 95.7 Å². The molecule has 1 N–H and O–H groups in total. The molecular formula is C40H51N3O5. The number of nitrogens with one attached hydrogen (secondary N) is 1. The fraction of sp³-hybridized carbons (Fsp3) is 0.450. The summed E-state index contributed by atoms with van der Waals surface area (Å²) in [6, 6.07) is 29.5. The molecule has 2 saturated heterocycles. The molecule has 8 nitrogen and oxygen atoms in total. The molecule has 0 unspecified atom stereocenters. The van der Waals surface area contributed by atoms with Crippen LogP contribution in [0, 0.1) is 0 Å². The third kappa shape index (κ3) is 9.71. The topological polar surface area (TPSA) is 64.7 Å². The lowest BCUT2D eigenvalue weighted by Crippen LogP contribution is -2.45. The first-order valence-electron chi connectivity index (χ1n) is 17.5. The first kappa shape index (κ1) is 34.2. The molecule has 2 aliphatic heterocycles. The molecule has 6 rings (SSSR count). The van der Waals surface area contributed by atoms with Crippen LogP contribution in [0.4, 0.5) is 0 Å². The summed E-state index contributed by atoms with van der Waals surface area (Å²) in [6.07, 6.45) is 1.97. The average molecular weight is 654 g/mol. The number of fused-ring (bicyclic) bond motifs is 1. The van der Waals surface area contributed by atoms with Crippen LogP contribution in [0.2, 0.25) is 0 Å². The fourth-order valence-electron chi connectivity index (χ4n) is 6.57. The minimum atomic E-state index is 0.103. The van der Waals surface area contributed by atoms with Gasteiger partial charge >= 0.3 is 0 Å². The predicted octanol–water partition coefficient (Wildman–Crippen LogP) is 6.12. The van der Waals surface area contributed by atoms with E-state index in [2.05, 4.69) is 82.8 Å². The van der Waals surface area contributed by atoms with E-state index < -0.39 is 0 Å². The van der Waals surface area contributed by atoms with Crippen molar-refractivity contribution in [1.29, 1.82) is 0 Å². The first-order valence-corrected chi connectivity index (χ1v) is 17.5. The maximum atomic E-state index is 6.58. The average Bonchev–Trinajstić information content (AvgIpc) is 3.13. The summed E-state index contributed by atoms with van der Waals surface area (Å²) in [7, 11) is 3.87. The molecule has 0 amide bonds. The van der Waals surface area contributed by atoms with Gasteiger partial charge in [-0.05, 0) is 78.3 Å². The predicted molar refractivity (Wildman–Crippen MR) is 191 cm³/mol. The van der Waals surface area contributed by atoms with Gasteiger partial charge in [-0.3, -0.25) is 4.90 Å². The van der Waals surface area contributed by atoms with Gasteiger partial charge < -0.3 is 33.9 Å². The van der Waals surface area contributed by atoms with E-state index in [9.17, 15) is 0 Å². The van der Waals surface area contributed by atoms with Crippen molar-refractivity contribution in [1.82, 2.24) is 15.1 Å². The van der Waals surface area contributed by atoms with Crippen LogP contribution in [0.25, 0.3) is 10.8 Å². The van der Waals surface area contributed by atoms with E-state index in [0.29, 0.717) is 39.0 Å². The SMILES string of the molecule is COc1ccccc1COCCCOc1ccc([C@H]2CCNC[C@@H]2OCc2ccc3ccc(OCCN4CCN(C)CC4)cc3c2)cc1. The lowest BCUT2D eigenvalue weighted by Gasteiger charge is -2.32. The zero-order valence-corrected chi connectivity index (χ0v) is 28.6. The van der Waals surface area contributed by atoms with Crippen molar-refractivity contribution in [3.8, 4) is 17.2 Å². The summed E-state index contributed by atoms with van der Waals surface area (Å²) in [6.45, 7) is 10.3. The third-order valence-corrected chi connectivity index (χ3v) is 9.50. The standard InChI is InChI=1S/C40H51N3O5/c1-42-18-20-43(21-19-42)22-25-47-37-15-10-32-9-8-31(26-35(32)27-37)29-48-40-28-41-17-16-38(40)33-11-13-36(14-12-33)46-24-5-23-45-30-34-6-3-4-7-39(34)44-2/h3-4,6-15,26-27,38,40-41H,5,16-25,28-30H2,1-2H3/t38-,40+/m1/s1. The molecule has 8 heteroatoms. The third-order valence-electron chi connectivity index (χ3n) is 9.50. The minimum Gasteiger partial charge on any atom is -0.496 e. The Balaban J connectivity index is 0.952. The van der Waals surface area contributed by atoms with Gasteiger partial charge in [-0.1, -0.05) is 48.5 Å². The number of nitrogens with zero attached hydrogens (tertiary/aromatic N) is 2. The molecular weight excluding hydrogens is 602 g/mol. The van der Waals surface area contributed by atoms with Crippen LogP contribution in [-0.2, 0) is 22.7 Å². The molecule has 0 aliphatic carbocycles. The summed E-state index contributed by atoms with van der Waals surface area (Å²) >= 11 is 0. The Morgan fingerprint density at radius 2 is 1.56 bits per heavy atom. The highest BCUT2D eigenvalue weighted by atomic mass is 16.5. The lowest BCUT2D eigenvalue weighted by molar-refractivity contribution is 0.0106. The Bertz CT molecular complexity index is 1560. The van der Waals surface area contributed by atoms with Crippen LogP contribution in [0.3, 0.4) is 0 Å². The van der Waals surface area contributed by atoms with E-state index in [1.165, 1.54) is 21.9 Å². The monoisotopic (exact) mass is 653 g/mol. The number of hydrogen-bond acceptors (Lipinski definition) is 8. The van der Waals surface area contributed by atoms with Gasteiger partial charge in [-0.25, -0.2) is 0 Å². The van der Waals surface area contributed by atoms with Crippen molar-refractivity contribution >= 4 is 10.8 Å². The first-order chi connectivity index (χ1) is 23.6. The van der Waals surface area contributed by atoms with Crippen molar-refractivity contribution in [2.45, 2.75) is 38.1 Å². The second-order valence-corrected chi connectivity index (χ2v) is 12.9. The number of benzene rings is 4. The summed E-state index contributed by atoms with van der Waals surface area (Å²) in [5.41, 5.74) is 3.53. The van der Waals surface area contributed by atoms with Gasteiger partial charge in [0, 0.05) is 57.2 Å². The Kier molecular flexibility index (Phi) is 12.6. The maximum Gasteiger partial charge on any atom is 0.124 e. The fourth-order valence-corrected chi connectivity index (χ4v) is 6.57. The molecule has 0 radical (unpaired) electrons. The Morgan fingerprint density at radius 1 is 0.771 bits per heavy atom. The molecule has 2 heterocycles. The number of rotatable bonds is 16. The van der Waals surface area contributed by atoms with Gasteiger partial charge in [0.1, 0.15) is 23.9 Å². The number of methoxy groups -OCH3 is 1. The number of likely N-dealkylation sites (N-methyl/N-ethyl adjacent to an activating group) is 1. The van der Waals surface area contributed by atoms with Crippen molar-refractivity contribution in [3.63, 3.8) is 0 Å². The number of ether oxygens (including phenoxy) is 5. The smallest absolute Gasteiger partial charge is 0.124 e. The van der Waals surface area contributed by atoms with E-state index in [-0.39, 0.29) is 6.10 Å². The van der Waals surface area contributed by atoms with Crippen molar-refractivity contribution in [3.05, 3.63) is 102 Å². The van der Waals surface area contributed by atoms with Gasteiger partial charge in [0.05, 0.1) is 39.6 Å². The number of para-hydroxylation sites is 1. The Labute approximate surface area is 285 Å². The summed E-state index contributed by atoms with van der Waals surface area (Å²) in [5, 5.41) is 5.93. The van der Waals surface area contributed by atoms with Gasteiger partial charge in [-0.15, -0.1) is 0 Å². The van der Waals surface area contributed by atoms with Gasteiger partial charge in [0.2, 0.25) is 0 Å². The largest absolute Gasteiger partial charge is 0.496 e.